The summed E-state index contributed by atoms with van der Waals surface area (Å²) >= 11 is 0. The minimum atomic E-state index is -4.54. The summed E-state index contributed by atoms with van der Waals surface area (Å²) < 4.78 is 43.7. The van der Waals surface area contributed by atoms with Crippen molar-refractivity contribution in [1.29, 1.82) is 0 Å². The van der Waals surface area contributed by atoms with Crippen molar-refractivity contribution in [1.82, 2.24) is 10.6 Å². The molecule has 1 aliphatic rings. The summed E-state index contributed by atoms with van der Waals surface area (Å²) in [7, 11) is 0. The molecule has 2 rings (SSSR count). The molecule has 1 unspecified atom stereocenters. The molecule has 2 N–H and O–H groups in total. The lowest BCUT2D eigenvalue weighted by Gasteiger charge is -2.24. The second kappa shape index (κ2) is 6.23. The Hall–Kier alpha value is -1.60. The molecule has 0 bridgehead atoms. The molecule has 0 spiro atoms. The van der Waals surface area contributed by atoms with E-state index in [4.69, 9.17) is 4.74 Å². The summed E-state index contributed by atoms with van der Waals surface area (Å²) in [5.41, 5.74) is -1.30. The minimum Gasteiger partial charge on any atom is -0.374 e. The van der Waals surface area contributed by atoms with Gasteiger partial charge in [0.05, 0.1) is 23.8 Å². The van der Waals surface area contributed by atoms with E-state index in [0.29, 0.717) is 13.2 Å². The predicted molar refractivity (Wildman–Crippen MR) is 66.4 cm³/mol. The molecule has 110 valence electrons. The van der Waals surface area contributed by atoms with Crippen molar-refractivity contribution in [2.24, 2.45) is 0 Å². The van der Waals surface area contributed by atoms with Crippen LogP contribution >= 0.6 is 0 Å². The normalized spacial score (nSPS) is 19.6. The van der Waals surface area contributed by atoms with Crippen molar-refractivity contribution in [2.75, 3.05) is 26.2 Å². The summed E-state index contributed by atoms with van der Waals surface area (Å²) in [6.45, 7) is 2.01. The molecule has 1 fully saturated rings. The van der Waals surface area contributed by atoms with Crippen LogP contribution in [0.5, 0.6) is 0 Å². The lowest BCUT2D eigenvalue weighted by atomic mass is 10.1. The number of carbonyl (C=O) groups excluding carboxylic acids is 1. The van der Waals surface area contributed by atoms with Crippen LogP contribution in [0.1, 0.15) is 15.9 Å². The molecular weight excluding hydrogens is 273 g/mol. The highest BCUT2D eigenvalue weighted by molar-refractivity contribution is 5.95. The maximum atomic E-state index is 12.8. The molecule has 1 saturated heterocycles. The SMILES string of the molecule is O=C(NCC1CNCCO1)c1ccccc1C(F)(F)F. The highest BCUT2D eigenvalue weighted by Gasteiger charge is 2.34. The van der Waals surface area contributed by atoms with Gasteiger partial charge in [-0.05, 0) is 12.1 Å². The van der Waals surface area contributed by atoms with Crippen LogP contribution in [0.2, 0.25) is 0 Å². The largest absolute Gasteiger partial charge is 0.417 e. The van der Waals surface area contributed by atoms with Crippen LogP contribution in [0.4, 0.5) is 13.2 Å². The summed E-state index contributed by atoms with van der Waals surface area (Å²) in [6, 6.07) is 4.72. The Morgan fingerprint density at radius 2 is 2.15 bits per heavy atom. The smallest absolute Gasteiger partial charge is 0.374 e. The quantitative estimate of drug-likeness (QED) is 0.884. The summed E-state index contributed by atoms with van der Waals surface area (Å²) in [5, 5.41) is 5.55. The number of ether oxygens (including phenoxy) is 1. The van der Waals surface area contributed by atoms with Gasteiger partial charge in [-0.15, -0.1) is 0 Å². The van der Waals surface area contributed by atoms with E-state index in [9.17, 15) is 18.0 Å². The zero-order valence-corrected chi connectivity index (χ0v) is 10.7. The summed E-state index contributed by atoms with van der Waals surface area (Å²) in [4.78, 5) is 11.9. The van der Waals surface area contributed by atoms with E-state index in [2.05, 4.69) is 10.6 Å². The second-order valence-electron chi connectivity index (χ2n) is 4.45. The van der Waals surface area contributed by atoms with E-state index in [1.807, 2.05) is 0 Å². The first kappa shape index (κ1) is 14.8. The molecule has 1 heterocycles. The van der Waals surface area contributed by atoms with Crippen LogP contribution < -0.4 is 10.6 Å². The van der Waals surface area contributed by atoms with Crippen LogP contribution in [0.3, 0.4) is 0 Å². The number of carbonyl (C=O) groups is 1. The molecule has 1 aliphatic heterocycles. The topological polar surface area (TPSA) is 50.4 Å². The van der Waals surface area contributed by atoms with E-state index < -0.39 is 17.6 Å². The standard InChI is InChI=1S/C13H15F3N2O2/c14-13(15,16)11-4-2-1-3-10(11)12(19)18-8-9-7-17-5-6-20-9/h1-4,9,17H,5-8H2,(H,18,19). The van der Waals surface area contributed by atoms with Crippen molar-refractivity contribution in [3.63, 3.8) is 0 Å². The first-order valence-corrected chi connectivity index (χ1v) is 6.25. The van der Waals surface area contributed by atoms with E-state index in [-0.39, 0.29) is 18.2 Å². The highest BCUT2D eigenvalue weighted by Crippen LogP contribution is 2.31. The van der Waals surface area contributed by atoms with Crippen molar-refractivity contribution in [2.45, 2.75) is 12.3 Å². The number of morpholine rings is 1. The van der Waals surface area contributed by atoms with Gasteiger partial charge in [0, 0.05) is 19.6 Å². The predicted octanol–water partition coefficient (Wildman–Crippen LogP) is 1.42. The molecular formula is C13H15F3N2O2. The van der Waals surface area contributed by atoms with Gasteiger partial charge in [-0.25, -0.2) is 0 Å². The van der Waals surface area contributed by atoms with E-state index in [1.165, 1.54) is 12.1 Å². The van der Waals surface area contributed by atoms with Gasteiger partial charge in [0.25, 0.3) is 5.91 Å². The Morgan fingerprint density at radius 1 is 1.40 bits per heavy atom. The Kier molecular flexibility index (Phi) is 4.61. The second-order valence-corrected chi connectivity index (χ2v) is 4.45. The fourth-order valence-electron chi connectivity index (χ4n) is 1.98. The molecule has 1 aromatic rings. The maximum Gasteiger partial charge on any atom is 0.417 e. The number of rotatable bonds is 3. The fourth-order valence-corrected chi connectivity index (χ4v) is 1.98. The van der Waals surface area contributed by atoms with Gasteiger partial charge in [-0.3, -0.25) is 4.79 Å². The van der Waals surface area contributed by atoms with Gasteiger partial charge in [0.1, 0.15) is 0 Å². The van der Waals surface area contributed by atoms with Crippen LogP contribution in [-0.4, -0.2) is 38.3 Å². The Bertz CT molecular complexity index is 471. The zero-order chi connectivity index (χ0) is 14.6. The zero-order valence-electron chi connectivity index (χ0n) is 10.7. The van der Waals surface area contributed by atoms with Crippen LogP contribution in [0.25, 0.3) is 0 Å². The van der Waals surface area contributed by atoms with Crippen LogP contribution in [0.15, 0.2) is 24.3 Å². The molecule has 1 atom stereocenters. The average Bonchev–Trinajstić information content (AvgIpc) is 2.45. The summed E-state index contributed by atoms with van der Waals surface area (Å²) in [6.07, 6.45) is -4.76. The lowest BCUT2D eigenvalue weighted by molar-refractivity contribution is -0.137. The van der Waals surface area contributed by atoms with Gasteiger partial charge >= 0.3 is 6.18 Å². The number of halogens is 3. The highest BCUT2D eigenvalue weighted by atomic mass is 19.4. The number of hydrogen-bond acceptors (Lipinski definition) is 3. The van der Waals surface area contributed by atoms with E-state index in [0.717, 1.165) is 18.7 Å². The number of nitrogens with one attached hydrogen (secondary N) is 2. The molecule has 0 aromatic heterocycles. The monoisotopic (exact) mass is 288 g/mol. The van der Waals surface area contributed by atoms with Crippen molar-refractivity contribution in [3.8, 4) is 0 Å². The first-order chi connectivity index (χ1) is 9.48. The third-order valence-corrected chi connectivity index (χ3v) is 2.97. The van der Waals surface area contributed by atoms with Gasteiger partial charge < -0.3 is 15.4 Å². The number of amides is 1. The molecule has 1 amide bonds. The Labute approximate surface area is 114 Å². The maximum absolute atomic E-state index is 12.8. The fraction of sp³-hybridized carbons (Fsp3) is 0.462. The van der Waals surface area contributed by atoms with Crippen LogP contribution in [0, 0.1) is 0 Å². The third kappa shape index (κ3) is 3.71. The Morgan fingerprint density at radius 3 is 2.80 bits per heavy atom. The molecule has 4 nitrogen and oxygen atoms in total. The van der Waals surface area contributed by atoms with Gasteiger partial charge in [0.2, 0.25) is 0 Å². The molecule has 7 heteroatoms. The third-order valence-electron chi connectivity index (χ3n) is 2.97. The molecule has 0 saturated carbocycles. The Balaban J connectivity index is 2.02. The molecule has 20 heavy (non-hydrogen) atoms. The van der Waals surface area contributed by atoms with Crippen molar-refractivity contribution >= 4 is 5.91 Å². The lowest BCUT2D eigenvalue weighted by Crippen LogP contribution is -2.45. The van der Waals surface area contributed by atoms with E-state index >= 15 is 0 Å². The first-order valence-electron chi connectivity index (χ1n) is 6.25. The van der Waals surface area contributed by atoms with E-state index in [1.54, 1.807) is 0 Å². The van der Waals surface area contributed by atoms with Crippen LogP contribution in [-0.2, 0) is 10.9 Å². The van der Waals surface area contributed by atoms with Crippen molar-refractivity contribution < 1.29 is 22.7 Å². The molecule has 0 radical (unpaired) electrons. The van der Waals surface area contributed by atoms with Gasteiger partial charge in [-0.1, -0.05) is 12.1 Å². The van der Waals surface area contributed by atoms with Gasteiger partial charge in [-0.2, -0.15) is 13.2 Å². The molecule has 0 aliphatic carbocycles. The molecule has 1 aromatic carbocycles. The number of benzene rings is 1. The van der Waals surface area contributed by atoms with Crippen molar-refractivity contribution in [3.05, 3.63) is 35.4 Å². The average molecular weight is 288 g/mol. The number of alkyl halides is 3. The number of hydrogen-bond donors (Lipinski definition) is 2. The van der Waals surface area contributed by atoms with Gasteiger partial charge in [0.15, 0.2) is 0 Å². The minimum absolute atomic E-state index is 0.179. The summed E-state index contributed by atoms with van der Waals surface area (Å²) in [5.74, 6) is -0.743.